The van der Waals surface area contributed by atoms with E-state index in [9.17, 15) is 33.1 Å². The Morgan fingerprint density at radius 1 is 1.14 bits per heavy atom. The van der Waals surface area contributed by atoms with Crippen molar-refractivity contribution >= 4 is 34.4 Å². The largest absolute Gasteiger partial charge is 0.449 e. The molecule has 238 valence electrons. The summed E-state index contributed by atoms with van der Waals surface area (Å²) in [6.07, 6.45) is -0.363. The molecule has 0 amide bonds. The van der Waals surface area contributed by atoms with Gasteiger partial charge in [-0.1, -0.05) is 38.6 Å². The number of ether oxygens (including phenoxy) is 1. The molecule has 4 aliphatic carbocycles. The van der Waals surface area contributed by atoms with E-state index in [2.05, 4.69) is 0 Å². The van der Waals surface area contributed by atoms with Gasteiger partial charge >= 0.3 is 5.97 Å². The van der Waals surface area contributed by atoms with Crippen molar-refractivity contribution in [2.75, 3.05) is 5.75 Å². The molecule has 1 aromatic rings. The standard InChI is InChI=1S/C33H36F4O6S/c1-6-27(41)43-33(29(42)44-15-25(39)19-7-8-23(34)28(36)17(19)3)16(2)11-20-21-13-24(35)22-12-18(38)9-10-30(22,4)32(21,37)26(40)14-31(20,33)5/h7-10,12,16,20-21,24,26,40H,6,11,13-15H2,1-5H3/t16-,20+,21+,24+,26+,30+,31+,32+,33+/m1/s1. The van der Waals surface area contributed by atoms with Crippen LogP contribution in [-0.2, 0) is 19.1 Å². The third-order valence-corrected chi connectivity index (χ3v) is 12.0. The molecule has 0 aromatic heterocycles. The fraction of sp³-hybridized carbons (Fsp3) is 0.576. The first-order valence-corrected chi connectivity index (χ1v) is 15.8. The number of benzene rings is 1. The lowest BCUT2D eigenvalue weighted by molar-refractivity contribution is -0.228. The summed E-state index contributed by atoms with van der Waals surface area (Å²) in [7, 11) is 0. The lowest BCUT2D eigenvalue weighted by atomic mass is 9.44. The van der Waals surface area contributed by atoms with Crippen LogP contribution in [0.4, 0.5) is 17.6 Å². The number of allylic oxidation sites excluding steroid dienone is 4. The number of esters is 1. The molecule has 0 radical (unpaired) electrons. The lowest BCUT2D eigenvalue weighted by Crippen LogP contribution is -2.70. The van der Waals surface area contributed by atoms with Crippen molar-refractivity contribution in [2.24, 2.45) is 28.6 Å². The highest BCUT2D eigenvalue weighted by atomic mass is 32.2. The summed E-state index contributed by atoms with van der Waals surface area (Å²) in [4.78, 5) is 52.3. The van der Waals surface area contributed by atoms with Gasteiger partial charge in [-0.25, -0.2) is 17.6 Å². The Morgan fingerprint density at radius 3 is 2.48 bits per heavy atom. The molecule has 0 spiro atoms. The van der Waals surface area contributed by atoms with Crippen molar-refractivity contribution in [3.05, 3.63) is 58.7 Å². The third kappa shape index (κ3) is 4.31. The van der Waals surface area contributed by atoms with E-state index in [1.54, 1.807) is 20.8 Å². The lowest BCUT2D eigenvalue weighted by Gasteiger charge is -2.63. The van der Waals surface area contributed by atoms with Crippen molar-refractivity contribution < 1.29 is 46.6 Å². The Kier molecular flexibility index (Phi) is 8.10. The van der Waals surface area contributed by atoms with Crippen LogP contribution in [0.15, 0.2) is 35.9 Å². The first kappa shape index (κ1) is 32.6. The van der Waals surface area contributed by atoms with Crippen LogP contribution in [-0.4, -0.2) is 57.1 Å². The minimum Gasteiger partial charge on any atom is -0.449 e. The van der Waals surface area contributed by atoms with E-state index in [-0.39, 0.29) is 42.4 Å². The molecule has 6 nitrogen and oxygen atoms in total. The highest BCUT2D eigenvalue weighted by Crippen LogP contribution is 2.72. The van der Waals surface area contributed by atoms with Gasteiger partial charge in [-0.3, -0.25) is 19.2 Å². The molecule has 9 atom stereocenters. The van der Waals surface area contributed by atoms with Gasteiger partial charge in [0.1, 0.15) is 6.17 Å². The summed E-state index contributed by atoms with van der Waals surface area (Å²) in [5.74, 6) is -7.09. The number of alkyl halides is 2. The highest BCUT2D eigenvalue weighted by molar-refractivity contribution is 8.14. The van der Waals surface area contributed by atoms with Gasteiger partial charge < -0.3 is 9.84 Å². The zero-order valence-corrected chi connectivity index (χ0v) is 26.0. The zero-order valence-electron chi connectivity index (χ0n) is 25.2. The second-order valence-electron chi connectivity index (χ2n) is 13.1. The van der Waals surface area contributed by atoms with Gasteiger partial charge in [-0.2, -0.15) is 0 Å². The maximum atomic E-state index is 17.6. The topological polar surface area (TPSA) is 97.7 Å². The van der Waals surface area contributed by atoms with Gasteiger partial charge in [0.05, 0.1) is 11.9 Å². The molecule has 5 rings (SSSR count). The van der Waals surface area contributed by atoms with Gasteiger partial charge in [0.2, 0.25) is 5.12 Å². The van der Waals surface area contributed by atoms with Crippen molar-refractivity contribution in [2.45, 2.75) is 83.8 Å². The first-order valence-electron chi connectivity index (χ1n) is 14.8. The Morgan fingerprint density at radius 2 is 1.82 bits per heavy atom. The van der Waals surface area contributed by atoms with Crippen LogP contribution in [0.25, 0.3) is 0 Å². The predicted molar refractivity (Wildman–Crippen MR) is 155 cm³/mol. The van der Waals surface area contributed by atoms with E-state index in [4.69, 9.17) is 4.74 Å². The van der Waals surface area contributed by atoms with E-state index in [1.807, 2.05) is 0 Å². The van der Waals surface area contributed by atoms with Crippen LogP contribution in [0, 0.1) is 47.1 Å². The Labute approximate surface area is 257 Å². The number of carbonyl (C=O) groups excluding carboxylic acids is 4. The number of thioether (sulfide) groups is 1. The Hall–Kier alpha value is -2.79. The number of halogens is 4. The molecule has 3 saturated carbocycles. The Bertz CT molecular complexity index is 1510. The average Bonchev–Trinajstić information content (AvgIpc) is 3.19. The third-order valence-electron chi connectivity index (χ3n) is 11.0. The molecule has 0 unspecified atom stereocenters. The molecule has 1 aromatic carbocycles. The van der Waals surface area contributed by atoms with Crippen LogP contribution in [0.1, 0.15) is 69.3 Å². The highest BCUT2D eigenvalue weighted by Gasteiger charge is 2.78. The zero-order chi connectivity index (χ0) is 32.6. The second kappa shape index (κ2) is 10.9. The predicted octanol–water partition coefficient (Wildman–Crippen LogP) is 5.97. The first-order chi connectivity index (χ1) is 20.5. The number of rotatable bonds is 6. The van der Waals surface area contributed by atoms with Gasteiger partial charge in [-0.05, 0) is 74.4 Å². The average molecular weight is 637 g/mol. The number of Topliss-reactive ketones (excluding diaryl/α,β-unsaturated/α-hetero) is 1. The number of ketones is 2. The molecule has 44 heavy (non-hydrogen) atoms. The summed E-state index contributed by atoms with van der Waals surface area (Å²) in [5, 5.41) is 11.0. The van der Waals surface area contributed by atoms with Gasteiger partial charge in [-0.15, -0.1) is 0 Å². The summed E-state index contributed by atoms with van der Waals surface area (Å²) < 4.78 is 67.2. The van der Waals surface area contributed by atoms with Crippen molar-refractivity contribution in [3.63, 3.8) is 0 Å². The van der Waals surface area contributed by atoms with E-state index in [1.165, 1.54) is 26.0 Å². The molecule has 0 aliphatic heterocycles. The van der Waals surface area contributed by atoms with Crippen molar-refractivity contribution in [1.29, 1.82) is 0 Å². The van der Waals surface area contributed by atoms with E-state index >= 15 is 8.78 Å². The molecule has 4 aliphatic rings. The molecule has 11 heteroatoms. The maximum Gasteiger partial charge on any atom is 0.306 e. The molecule has 0 bridgehead atoms. The second-order valence-corrected chi connectivity index (χ2v) is 14.0. The molecular formula is C33H36F4O6S. The normalized spacial score (nSPS) is 39.2. The van der Waals surface area contributed by atoms with Crippen LogP contribution < -0.4 is 0 Å². The van der Waals surface area contributed by atoms with Crippen LogP contribution in [0.3, 0.4) is 0 Å². The smallest absolute Gasteiger partial charge is 0.306 e. The van der Waals surface area contributed by atoms with E-state index in [0.717, 1.165) is 18.2 Å². The number of hydrogen-bond acceptors (Lipinski definition) is 7. The quantitative estimate of drug-likeness (QED) is 0.233. The molecule has 0 saturated heterocycles. The summed E-state index contributed by atoms with van der Waals surface area (Å²) in [5.41, 5.74) is -7.59. The number of aliphatic hydroxyl groups is 1. The van der Waals surface area contributed by atoms with E-state index < -0.39 is 92.2 Å². The number of hydrogen-bond donors (Lipinski definition) is 1. The van der Waals surface area contributed by atoms with E-state index in [0.29, 0.717) is 11.8 Å². The monoisotopic (exact) mass is 636 g/mol. The van der Waals surface area contributed by atoms with Crippen molar-refractivity contribution in [1.82, 2.24) is 0 Å². The molecule has 3 fully saturated rings. The van der Waals surface area contributed by atoms with Gasteiger partial charge in [0.15, 0.2) is 34.5 Å². The van der Waals surface area contributed by atoms with Crippen molar-refractivity contribution in [3.8, 4) is 0 Å². The molecular weight excluding hydrogens is 600 g/mol. The SMILES string of the molecule is CCC(=O)O[C@]1(C(=O)SCC(=O)c2ccc(F)c(F)c2C)[C@H](C)C[C@H]2[C@@H]3C[C@H](F)C4=CC(=O)C=C[C@]4(C)[C@@]3(F)[C@@H](O)C[C@@]21C. The number of fused-ring (bicyclic) bond motifs is 5. The number of carbonyl (C=O) groups is 4. The Balaban J connectivity index is 1.54. The summed E-state index contributed by atoms with van der Waals surface area (Å²) >= 11 is 0.564. The summed E-state index contributed by atoms with van der Waals surface area (Å²) in [6.45, 7) is 7.60. The summed E-state index contributed by atoms with van der Waals surface area (Å²) in [6, 6.07) is 1.96. The minimum absolute atomic E-state index is 0.0289. The van der Waals surface area contributed by atoms with Gasteiger partial charge in [0, 0.05) is 34.7 Å². The van der Waals surface area contributed by atoms with Gasteiger partial charge in [0.25, 0.3) is 0 Å². The van der Waals surface area contributed by atoms with Crippen LogP contribution >= 0.6 is 11.8 Å². The fourth-order valence-electron chi connectivity index (χ4n) is 8.74. The maximum absolute atomic E-state index is 17.6. The molecule has 0 heterocycles. The van der Waals surface area contributed by atoms with Crippen LogP contribution in [0.5, 0.6) is 0 Å². The molecule has 1 N–H and O–H groups in total. The van der Waals surface area contributed by atoms with Crippen LogP contribution in [0.2, 0.25) is 0 Å². The number of aliphatic hydroxyl groups excluding tert-OH is 1. The fourth-order valence-corrected chi connectivity index (χ4v) is 9.85. The minimum atomic E-state index is -2.39.